The third-order valence-electron chi connectivity index (χ3n) is 2.72. The Labute approximate surface area is 136 Å². The minimum absolute atomic E-state index is 0.0915. The van der Waals surface area contributed by atoms with Crippen LogP contribution in [0, 0.1) is 11.6 Å². The highest BCUT2D eigenvalue weighted by molar-refractivity contribution is 8.00. The first-order valence-electron chi connectivity index (χ1n) is 6.71. The number of benzene rings is 2. The van der Waals surface area contributed by atoms with Crippen LogP contribution in [-0.2, 0) is 9.59 Å². The predicted molar refractivity (Wildman–Crippen MR) is 87.4 cm³/mol. The van der Waals surface area contributed by atoms with Gasteiger partial charge in [-0.05, 0) is 48.5 Å². The maximum absolute atomic E-state index is 12.7. The van der Waals surface area contributed by atoms with Crippen LogP contribution in [0.2, 0.25) is 0 Å². The Morgan fingerprint density at radius 1 is 0.739 bits per heavy atom. The summed E-state index contributed by atoms with van der Waals surface area (Å²) in [6.45, 7) is 0. The molecule has 23 heavy (non-hydrogen) atoms. The van der Waals surface area contributed by atoms with Crippen LogP contribution in [0.5, 0.6) is 0 Å². The van der Waals surface area contributed by atoms with Gasteiger partial charge in [-0.3, -0.25) is 9.59 Å². The molecule has 0 aliphatic carbocycles. The third kappa shape index (κ3) is 6.07. The maximum Gasteiger partial charge on any atom is 0.234 e. The van der Waals surface area contributed by atoms with E-state index in [1.54, 1.807) is 0 Å². The average Bonchev–Trinajstić information content (AvgIpc) is 2.52. The maximum atomic E-state index is 12.7. The predicted octanol–water partition coefficient (Wildman–Crippen LogP) is 3.28. The van der Waals surface area contributed by atoms with Crippen LogP contribution in [0.15, 0.2) is 48.5 Å². The molecular formula is C16H14F2N2O2S. The number of anilines is 2. The van der Waals surface area contributed by atoms with Crippen molar-refractivity contribution in [1.29, 1.82) is 0 Å². The molecule has 0 aliphatic heterocycles. The summed E-state index contributed by atoms with van der Waals surface area (Å²) in [5, 5.41) is 5.20. The number of hydrogen-bond donors (Lipinski definition) is 2. The van der Waals surface area contributed by atoms with Crippen molar-refractivity contribution in [3.8, 4) is 0 Å². The van der Waals surface area contributed by atoms with Crippen molar-refractivity contribution in [3.63, 3.8) is 0 Å². The van der Waals surface area contributed by atoms with Gasteiger partial charge < -0.3 is 10.6 Å². The summed E-state index contributed by atoms with van der Waals surface area (Å²) in [4.78, 5) is 23.4. The number of rotatable bonds is 6. The summed E-state index contributed by atoms with van der Waals surface area (Å²) in [5.74, 6) is -1.14. The molecule has 4 nitrogen and oxygen atoms in total. The molecule has 2 rings (SSSR count). The van der Waals surface area contributed by atoms with Gasteiger partial charge in [0.15, 0.2) is 0 Å². The highest BCUT2D eigenvalue weighted by atomic mass is 32.2. The monoisotopic (exact) mass is 336 g/mol. The van der Waals surface area contributed by atoms with Crippen molar-refractivity contribution in [2.45, 2.75) is 0 Å². The van der Waals surface area contributed by atoms with E-state index in [1.165, 1.54) is 48.5 Å². The number of carbonyl (C=O) groups is 2. The lowest BCUT2D eigenvalue weighted by atomic mass is 10.3. The second kappa shape index (κ2) is 8.28. The lowest BCUT2D eigenvalue weighted by Gasteiger charge is -2.06. The molecule has 0 radical (unpaired) electrons. The summed E-state index contributed by atoms with van der Waals surface area (Å²) >= 11 is 1.14. The Bertz CT molecular complexity index is 616. The highest BCUT2D eigenvalue weighted by Gasteiger charge is 2.07. The fraction of sp³-hybridized carbons (Fsp3) is 0.125. The van der Waals surface area contributed by atoms with Crippen LogP contribution in [-0.4, -0.2) is 23.3 Å². The number of carbonyl (C=O) groups excluding carboxylic acids is 2. The Kier molecular flexibility index (Phi) is 6.10. The van der Waals surface area contributed by atoms with Gasteiger partial charge in [-0.1, -0.05) is 0 Å². The highest BCUT2D eigenvalue weighted by Crippen LogP contribution is 2.11. The van der Waals surface area contributed by atoms with E-state index in [0.29, 0.717) is 11.4 Å². The van der Waals surface area contributed by atoms with E-state index in [9.17, 15) is 18.4 Å². The summed E-state index contributed by atoms with van der Waals surface area (Å²) in [7, 11) is 0. The first-order valence-corrected chi connectivity index (χ1v) is 7.87. The van der Waals surface area contributed by atoms with Crippen LogP contribution in [0.3, 0.4) is 0 Å². The van der Waals surface area contributed by atoms with Gasteiger partial charge in [0.1, 0.15) is 11.6 Å². The Balaban J connectivity index is 1.69. The molecule has 0 unspecified atom stereocenters. The van der Waals surface area contributed by atoms with E-state index in [-0.39, 0.29) is 35.0 Å². The Morgan fingerprint density at radius 3 is 1.43 bits per heavy atom. The number of nitrogens with one attached hydrogen (secondary N) is 2. The first-order chi connectivity index (χ1) is 11.0. The fourth-order valence-corrected chi connectivity index (χ4v) is 2.31. The third-order valence-corrected chi connectivity index (χ3v) is 3.65. The second-order valence-electron chi connectivity index (χ2n) is 4.60. The normalized spacial score (nSPS) is 10.2. The van der Waals surface area contributed by atoms with Crippen molar-refractivity contribution in [1.82, 2.24) is 0 Å². The molecule has 2 aromatic rings. The summed E-state index contributed by atoms with van der Waals surface area (Å²) in [6, 6.07) is 10.8. The van der Waals surface area contributed by atoms with Gasteiger partial charge in [0.05, 0.1) is 11.5 Å². The largest absolute Gasteiger partial charge is 0.325 e. The molecule has 7 heteroatoms. The van der Waals surface area contributed by atoms with Crippen molar-refractivity contribution in [2.24, 2.45) is 0 Å². The SMILES string of the molecule is O=C(CSCC(=O)Nc1ccc(F)cc1)Nc1ccc(F)cc1. The van der Waals surface area contributed by atoms with Gasteiger partial charge in [0.2, 0.25) is 11.8 Å². The fourth-order valence-electron chi connectivity index (χ4n) is 1.70. The van der Waals surface area contributed by atoms with Gasteiger partial charge in [-0.15, -0.1) is 11.8 Å². The van der Waals surface area contributed by atoms with E-state index >= 15 is 0 Å². The molecule has 0 saturated carbocycles. The van der Waals surface area contributed by atoms with Crippen LogP contribution in [0.1, 0.15) is 0 Å². The molecule has 0 bridgehead atoms. The lowest BCUT2D eigenvalue weighted by molar-refractivity contribution is -0.114. The molecule has 0 spiro atoms. The van der Waals surface area contributed by atoms with Crippen LogP contribution in [0.25, 0.3) is 0 Å². The molecule has 0 saturated heterocycles. The minimum Gasteiger partial charge on any atom is -0.325 e. The number of hydrogen-bond acceptors (Lipinski definition) is 3. The van der Waals surface area contributed by atoms with E-state index < -0.39 is 0 Å². The molecule has 0 heterocycles. The van der Waals surface area contributed by atoms with Crippen LogP contribution < -0.4 is 10.6 Å². The van der Waals surface area contributed by atoms with Crippen molar-refractivity contribution >= 4 is 35.0 Å². The molecule has 2 amide bonds. The van der Waals surface area contributed by atoms with E-state index in [0.717, 1.165) is 11.8 Å². The molecule has 2 aromatic carbocycles. The summed E-state index contributed by atoms with van der Waals surface area (Å²) in [5.41, 5.74) is 0.987. The molecule has 120 valence electrons. The van der Waals surface area contributed by atoms with Gasteiger partial charge in [0, 0.05) is 11.4 Å². The number of thioether (sulfide) groups is 1. The quantitative estimate of drug-likeness (QED) is 0.851. The molecule has 0 atom stereocenters. The van der Waals surface area contributed by atoms with E-state index in [4.69, 9.17) is 0 Å². The lowest BCUT2D eigenvalue weighted by Crippen LogP contribution is -2.18. The summed E-state index contributed by atoms with van der Waals surface area (Å²) in [6.07, 6.45) is 0. The molecule has 0 aliphatic rings. The van der Waals surface area contributed by atoms with Crippen molar-refractivity contribution in [2.75, 3.05) is 22.1 Å². The topological polar surface area (TPSA) is 58.2 Å². The number of halogens is 2. The van der Waals surface area contributed by atoms with Crippen molar-refractivity contribution in [3.05, 3.63) is 60.2 Å². The minimum atomic E-state index is -0.380. The van der Waals surface area contributed by atoms with Gasteiger partial charge in [-0.2, -0.15) is 0 Å². The van der Waals surface area contributed by atoms with Crippen LogP contribution >= 0.6 is 11.8 Å². The summed E-state index contributed by atoms with van der Waals surface area (Å²) < 4.78 is 25.5. The van der Waals surface area contributed by atoms with Gasteiger partial charge in [0.25, 0.3) is 0 Å². The van der Waals surface area contributed by atoms with E-state index in [1.807, 2.05) is 0 Å². The van der Waals surface area contributed by atoms with Gasteiger partial charge >= 0.3 is 0 Å². The zero-order valence-corrected chi connectivity index (χ0v) is 12.8. The Morgan fingerprint density at radius 2 is 1.09 bits per heavy atom. The van der Waals surface area contributed by atoms with Crippen LogP contribution in [0.4, 0.5) is 20.2 Å². The van der Waals surface area contributed by atoms with Crippen molar-refractivity contribution < 1.29 is 18.4 Å². The zero-order chi connectivity index (χ0) is 16.7. The average molecular weight is 336 g/mol. The first kappa shape index (κ1) is 17.0. The van der Waals surface area contributed by atoms with E-state index in [2.05, 4.69) is 10.6 Å². The molecule has 0 aromatic heterocycles. The zero-order valence-electron chi connectivity index (χ0n) is 12.0. The van der Waals surface area contributed by atoms with Gasteiger partial charge in [-0.25, -0.2) is 8.78 Å². The number of amides is 2. The standard InChI is InChI=1S/C16H14F2N2O2S/c17-11-1-5-13(6-2-11)19-15(21)9-23-10-16(22)20-14-7-3-12(18)4-8-14/h1-8H,9-10H2,(H,19,21)(H,20,22). The molecular weight excluding hydrogens is 322 g/mol. The molecule has 0 fully saturated rings. The Hall–Kier alpha value is -2.41. The molecule has 2 N–H and O–H groups in total. The second-order valence-corrected chi connectivity index (χ2v) is 5.59. The smallest absolute Gasteiger partial charge is 0.234 e.